The van der Waals surface area contributed by atoms with E-state index in [0.717, 1.165) is 41.8 Å². The molecule has 2 aromatic heterocycles. The number of aliphatic hydroxyl groups excluding tert-OH is 1. The number of carbonyl (C=O) groups excluding carboxylic acids is 1. The van der Waals surface area contributed by atoms with Crippen LogP contribution in [0.2, 0.25) is 0 Å². The minimum absolute atomic E-state index is 0.132. The minimum Gasteiger partial charge on any atom is -0.369 e. The number of nitrogens with one attached hydrogen (secondary N) is 1. The van der Waals surface area contributed by atoms with E-state index < -0.39 is 6.23 Å². The Kier molecular flexibility index (Phi) is 6.09. The number of benzene rings is 2. The third kappa shape index (κ3) is 4.21. The van der Waals surface area contributed by atoms with E-state index in [1.165, 1.54) is 10.5 Å². The standard InChI is InChI=1S/C29H29N5O2/c35-28-21-11-1-2-12-22(21)29(36)34(28)18-6-5-17-33(19-26-31-23-13-3-4-14-24(23)32-26)25-15-7-9-20-10-8-16-30-27(20)25/h1-6,8,10-14,16,25,28,35H,7,9,15,17-19H2,(H,31,32)/b6-5+/t25?,28-/m1/s1. The zero-order valence-electron chi connectivity index (χ0n) is 20.0. The van der Waals surface area contributed by atoms with Gasteiger partial charge in [-0.3, -0.25) is 14.7 Å². The number of imidazole rings is 1. The van der Waals surface area contributed by atoms with Gasteiger partial charge in [0.2, 0.25) is 0 Å². The fraction of sp³-hybridized carbons (Fsp3) is 0.276. The molecular weight excluding hydrogens is 450 g/mol. The largest absolute Gasteiger partial charge is 0.369 e. The van der Waals surface area contributed by atoms with E-state index in [4.69, 9.17) is 9.97 Å². The third-order valence-corrected chi connectivity index (χ3v) is 7.23. The highest BCUT2D eigenvalue weighted by Gasteiger charge is 2.34. The van der Waals surface area contributed by atoms with Gasteiger partial charge in [-0.25, -0.2) is 4.98 Å². The highest BCUT2D eigenvalue weighted by molar-refractivity contribution is 5.98. The van der Waals surface area contributed by atoms with Crippen LogP contribution in [0, 0.1) is 0 Å². The summed E-state index contributed by atoms with van der Waals surface area (Å²) >= 11 is 0. The highest BCUT2D eigenvalue weighted by atomic mass is 16.3. The van der Waals surface area contributed by atoms with Crippen molar-refractivity contribution in [2.24, 2.45) is 0 Å². The SMILES string of the molecule is O=C1c2ccccc2[C@@H](O)N1C/C=C/CN(Cc1nc2ccccc2[nH]1)C1CCCc2cccnc21. The number of hydrogen-bond donors (Lipinski definition) is 2. The number of hydrogen-bond acceptors (Lipinski definition) is 5. The van der Waals surface area contributed by atoms with Crippen molar-refractivity contribution in [3.8, 4) is 0 Å². The Labute approximate surface area is 210 Å². The predicted molar refractivity (Wildman–Crippen MR) is 138 cm³/mol. The van der Waals surface area contributed by atoms with Crippen molar-refractivity contribution >= 4 is 16.9 Å². The number of pyridine rings is 1. The highest BCUT2D eigenvalue weighted by Crippen LogP contribution is 2.34. The number of para-hydroxylation sites is 2. The van der Waals surface area contributed by atoms with Gasteiger partial charge in [0.1, 0.15) is 5.82 Å². The molecule has 1 aliphatic carbocycles. The predicted octanol–water partition coefficient (Wildman–Crippen LogP) is 4.54. The quantitative estimate of drug-likeness (QED) is 0.380. The summed E-state index contributed by atoms with van der Waals surface area (Å²) in [5.41, 5.74) is 5.71. The molecule has 0 saturated heterocycles. The number of aryl methyl sites for hydroxylation is 1. The van der Waals surface area contributed by atoms with Crippen LogP contribution in [-0.4, -0.2) is 48.9 Å². The molecule has 2 aromatic carbocycles. The van der Waals surface area contributed by atoms with Crippen LogP contribution in [0.1, 0.15) is 58.1 Å². The number of H-pyrrole nitrogens is 1. The maximum absolute atomic E-state index is 12.7. The van der Waals surface area contributed by atoms with E-state index in [2.05, 4.69) is 22.0 Å². The Morgan fingerprint density at radius 2 is 1.94 bits per heavy atom. The van der Waals surface area contributed by atoms with Gasteiger partial charge in [0, 0.05) is 30.4 Å². The van der Waals surface area contributed by atoms with Gasteiger partial charge in [0.25, 0.3) is 5.91 Å². The smallest absolute Gasteiger partial charge is 0.256 e. The molecule has 4 aromatic rings. The summed E-state index contributed by atoms with van der Waals surface area (Å²) in [6, 6.07) is 19.7. The normalized spacial score (nSPS) is 19.4. The fourth-order valence-corrected chi connectivity index (χ4v) is 5.45. The third-order valence-electron chi connectivity index (χ3n) is 7.23. The molecule has 1 aliphatic heterocycles. The van der Waals surface area contributed by atoms with Gasteiger partial charge in [-0.2, -0.15) is 0 Å². The second-order valence-corrected chi connectivity index (χ2v) is 9.48. The maximum atomic E-state index is 12.7. The first-order chi connectivity index (χ1) is 17.7. The zero-order chi connectivity index (χ0) is 24.5. The first-order valence-electron chi connectivity index (χ1n) is 12.5. The lowest BCUT2D eigenvalue weighted by Crippen LogP contribution is -2.32. The first-order valence-corrected chi connectivity index (χ1v) is 12.5. The molecule has 0 bridgehead atoms. The molecule has 182 valence electrons. The van der Waals surface area contributed by atoms with Crippen LogP contribution in [0.4, 0.5) is 0 Å². The molecule has 1 unspecified atom stereocenters. The van der Waals surface area contributed by atoms with Crippen LogP contribution in [0.15, 0.2) is 79.0 Å². The topological polar surface area (TPSA) is 85.4 Å². The molecule has 0 spiro atoms. The van der Waals surface area contributed by atoms with Crippen LogP contribution in [0.3, 0.4) is 0 Å². The Balaban J connectivity index is 1.21. The molecule has 7 heteroatoms. The summed E-state index contributed by atoms with van der Waals surface area (Å²) in [5, 5.41) is 10.6. The van der Waals surface area contributed by atoms with E-state index in [-0.39, 0.29) is 11.9 Å². The average Bonchev–Trinajstić information content (AvgIpc) is 3.44. The molecular formula is C29H29N5O2. The lowest BCUT2D eigenvalue weighted by atomic mass is 9.90. The number of amides is 1. The Hall–Kier alpha value is -3.81. The molecule has 0 radical (unpaired) electrons. The van der Waals surface area contributed by atoms with Gasteiger partial charge in [0.15, 0.2) is 6.23 Å². The molecule has 1 amide bonds. The molecule has 0 saturated carbocycles. The van der Waals surface area contributed by atoms with Crippen molar-refractivity contribution in [1.82, 2.24) is 24.8 Å². The Bertz CT molecular complexity index is 1390. The van der Waals surface area contributed by atoms with Crippen molar-refractivity contribution in [2.75, 3.05) is 13.1 Å². The summed E-state index contributed by atoms with van der Waals surface area (Å²) in [5.74, 6) is 0.792. The van der Waals surface area contributed by atoms with Crippen LogP contribution in [0.25, 0.3) is 11.0 Å². The fourth-order valence-electron chi connectivity index (χ4n) is 5.45. The molecule has 2 N–H and O–H groups in total. The van der Waals surface area contributed by atoms with E-state index in [9.17, 15) is 9.90 Å². The van der Waals surface area contributed by atoms with Gasteiger partial charge in [-0.05, 0) is 49.1 Å². The van der Waals surface area contributed by atoms with Gasteiger partial charge < -0.3 is 15.0 Å². The summed E-state index contributed by atoms with van der Waals surface area (Å²) in [6.07, 6.45) is 8.25. The lowest BCUT2D eigenvalue weighted by Gasteiger charge is -2.34. The summed E-state index contributed by atoms with van der Waals surface area (Å²) in [6.45, 7) is 1.70. The van der Waals surface area contributed by atoms with Crippen molar-refractivity contribution in [3.05, 3.63) is 107 Å². The monoisotopic (exact) mass is 479 g/mol. The Morgan fingerprint density at radius 3 is 2.83 bits per heavy atom. The number of aromatic nitrogens is 3. The average molecular weight is 480 g/mol. The minimum atomic E-state index is -0.903. The number of nitrogens with zero attached hydrogens (tertiary/aromatic N) is 4. The first kappa shape index (κ1) is 22.6. The number of fused-ring (bicyclic) bond motifs is 3. The molecule has 2 aliphatic rings. The summed E-state index contributed by atoms with van der Waals surface area (Å²) in [7, 11) is 0. The maximum Gasteiger partial charge on any atom is 0.256 e. The van der Waals surface area contributed by atoms with Gasteiger partial charge in [-0.15, -0.1) is 0 Å². The van der Waals surface area contributed by atoms with Gasteiger partial charge in [0.05, 0.1) is 29.3 Å². The Morgan fingerprint density at radius 1 is 1.08 bits per heavy atom. The molecule has 0 fully saturated rings. The second kappa shape index (κ2) is 9.68. The summed E-state index contributed by atoms with van der Waals surface area (Å²) < 4.78 is 0. The van der Waals surface area contributed by atoms with Crippen LogP contribution < -0.4 is 0 Å². The summed E-state index contributed by atoms with van der Waals surface area (Å²) in [4.78, 5) is 29.7. The molecule has 7 nitrogen and oxygen atoms in total. The van der Waals surface area contributed by atoms with E-state index in [1.54, 1.807) is 6.07 Å². The van der Waals surface area contributed by atoms with E-state index in [0.29, 0.717) is 30.8 Å². The van der Waals surface area contributed by atoms with Crippen molar-refractivity contribution in [1.29, 1.82) is 0 Å². The van der Waals surface area contributed by atoms with Crippen molar-refractivity contribution in [2.45, 2.75) is 38.1 Å². The molecule has 2 atom stereocenters. The van der Waals surface area contributed by atoms with Crippen LogP contribution >= 0.6 is 0 Å². The number of carbonyl (C=O) groups is 1. The second-order valence-electron chi connectivity index (χ2n) is 9.48. The van der Waals surface area contributed by atoms with Gasteiger partial charge >= 0.3 is 0 Å². The number of aromatic amines is 1. The van der Waals surface area contributed by atoms with Crippen molar-refractivity contribution < 1.29 is 9.90 Å². The number of rotatable bonds is 7. The molecule has 6 rings (SSSR count). The lowest BCUT2D eigenvalue weighted by molar-refractivity contribution is 0.0231. The molecule has 36 heavy (non-hydrogen) atoms. The van der Waals surface area contributed by atoms with Gasteiger partial charge in [-0.1, -0.05) is 48.6 Å². The molecule has 3 heterocycles. The number of aliphatic hydroxyl groups is 1. The van der Waals surface area contributed by atoms with Crippen LogP contribution in [0.5, 0.6) is 0 Å². The van der Waals surface area contributed by atoms with Crippen LogP contribution in [-0.2, 0) is 13.0 Å². The van der Waals surface area contributed by atoms with E-state index >= 15 is 0 Å². The van der Waals surface area contributed by atoms with Crippen molar-refractivity contribution in [3.63, 3.8) is 0 Å². The van der Waals surface area contributed by atoms with E-state index in [1.807, 2.05) is 60.8 Å². The zero-order valence-corrected chi connectivity index (χ0v) is 20.0.